The first-order valence-corrected chi connectivity index (χ1v) is 6.88. The standard InChI is InChI=1S/C14H14BrNO2/c1-16-11-4-2-3-10(14(17)18)13(11)9-6-5-8(15)7-12(9)16/h5-7,10H,2-4H2,1H3,(H,17,18). The van der Waals surface area contributed by atoms with E-state index in [1.165, 1.54) is 5.69 Å². The molecule has 1 heterocycles. The highest BCUT2D eigenvalue weighted by Gasteiger charge is 2.30. The molecular weight excluding hydrogens is 294 g/mol. The third kappa shape index (κ3) is 1.59. The van der Waals surface area contributed by atoms with Gasteiger partial charge in [0, 0.05) is 28.1 Å². The van der Waals surface area contributed by atoms with E-state index in [4.69, 9.17) is 0 Å². The predicted molar refractivity (Wildman–Crippen MR) is 73.9 cm³/mol. The normalized spacial score (nSPS) is 18.9. The van der Waals surface area contributed by atoms with Crippen molar-refractivity contribution < 1.29 is 9.90 Å². The summed E-state index contributed by atoms with van der Waals surface area (Å²) in [6, 6.07) is 6.07. The van der Waals surface area contributed by atoms with Gasteiger partial charge in [-0.05, 0) is 37.0 Å². The Bertz CT molecular complexity index is 645. The Hall–Kier alpha value is -1.29. The van der Waals surface area contributed by atoms with Crippen LogP contribution in [-0.4, -0.2) is 15.6 Å². The number of fused-ring (bicyclic) bond motifs is 3. The average molecular weight is 308 g/mol. The molecule has 3 rings (SSSR count). The molecule has 1 N–H and O–H groups in total. The van der Waals surface area contributed by atoms with Crippen molar-refractivity contribution in [3.8, 4) is 0 Å². The highest BCUT2D eigenvalue weighted by molar-refractivity contribution is 9.10. The van der Waals surface area contributed by atoms with Crippen LogP contribution >= 0.6 is 15.9 Å². The van der Waals surface area contributed by atoms with E-state index < -0.39 is 5.97 Å². The first-order chi connectivity index (χ1) is 8.59. The molecule has 0 spiro atoms. The van der Waals surface area contributed by atoms with Crippen LogP contribution in [0.1, 0.15) is 30.0 Å². The quantitative estimate of drug-likeness (QED) is 0.877. The Labute approximate surface area is 114 Å². The summed E-state index contributed by atoms with van der Waals surface area (Å²) in [6.07, 6.45) is 2.68. The van der Waals surface area contributed by atoms with Gasteiger partial charge in [-0.25, -0.2) is 0 Å². The van der Waals surface area contributed by atoms with E-state index >= 15 is 0 Å². The Balaban J connectivity index is 2.35. The summed E-state index contributed by atoms with van der Waals surface area (Å²) in [7, 11) is 2.03. The van der Waals surface area contributed by atoms with Crippen molar-refractivity contribution in [1.82, 2.24) is 4.57 Å². The average Bonchev–Trinajstić information content (AvgIpc) is 2.63. The van der Waals surface area contributed by atoms with Crippen LogP contribution in [0.3, 0.4) is 0 Å². The number of carbonyl (C=O) groups is 1. The molecule has 1 aliphatic rings. The van der Waals surface area contributed by atoms with Crippen LogP contribution in [0.4, 0.5) is 0 Å². The molecule has 94 valence electrons. The maximum absolute atomic E-state index is 11.4. The minimum Gasteiger partial charge on any atom is -0.481 e. The largest absolute Gasteiger partial charge is 0.481 e. The summed E-state index contributed by atoms with van der Waals surface area (Å²) >= 11 is 3.47. The van der Waals surface area contributed by atoms with Crippen LogP contribution < -0.4 is 0 Å². The maximum Gasteiger partial charge on any atom is 0.311 e. The molecule has 0 bridgehead atoms. The van der Waals surface area contributed by atoms with Crippen LogP contribution in [-0.2, 0) is 18.3 Å². The van der Waals surface area contributed by atoms with Gasteiger partial charge in [0.05, 0.1) is 5.92 Å². The van der Waals surface area contributed by atoms with Crippen molar-refractivity contribution in [2.75, 3.05) is 0 Å². The van der Waals surface area contributed by atoms with Gasteiger partial charge in [0.2, 0.25) is 0 Å². The molecule has 1 aromatic carbocycles. The van der Waals surface area contributed by atoms with Crippen molar-refractivity contribution in [3.05, 3.63) is 33.9 Å². The van der Waals surface area contributed by atoms with Crippen LogP contribution in [0.25, 0.3) is 10.9 Å². The van der Waals surface area contributed by atoms with Crippen molar-refractivity contribution in [1.29, 1.82) is 0 Å². The molecule has 18 heavy (non-hydrogen) atoms. The number of hydrogen-bond acceptors (Lipinski definition) is 1. The second-order valence-electron chi connectivity index (χ2n) is 4.86. The van der Waals surface area contributed by atoms with Gasteiger partial charge < -0.3 is 9.67 Å². The lowest BCUT2D eigenvalue weighted by molar-refractivity contribution is -0.139. The van der Waals surface area contributed by atoms with Gasteiger partial charge in [-0.1, -0.05) is 22.0 Å². The number of carboxylic acids is 1. The van der Waals surface area contributed by atoms with Crippen LogP contribution in [0, 0.1) is 0 Å². The fraction of sp³-hybridized carbons (Fsp3) is 0.357. The van der Waals surface area contributed by atoms with Crippen LogP contribution in [0.15, 0.2) is 22.7 Å². The number of halogens is 1. The minimum absolute atomic E-state index is 0.348. The van der Waals surface area contributed by atoms with Crippen molar-refractivity contribution in [2.24, 2.45) is 7.05 Å². The molecule has 0 saturated heterocycles. The van der Waals surface area contributed by atoms with Gasteiger partial charge in [0.25, 0.3) is 0 Å². The summed E-state index contributed by atoms with van der Waals surface area (Å²) in [5.74, 6) is -1.05. The number of rotatable bonds is 1. The van der Waals surface area contributed by atoms with E-state index in [0.29, 0.717) is 0 Å². The molecule has 1 aliphatic carbocycles. The van der Waals surface area contributed by atoms with Gasteiger partial charge in [0.15, 0.2) is 0 Å². The number of aromatic nitrogens is 1. The second kappa shape index (κ2) is 4.12. The molecule has 1 unspecified atom stereocenters. The Morgan fingerprint density at radius 1 is 1.50 bits per heavy atom. The summed E-state index contributed by atoms with van der Waals surface area (Å²) in [5, 5.41) is 10.5. The lowest BCUT2D eigenvalue weighted by Crippen LogP contribution is -2.18. The molecule has 0 saturated carbocycles. The number of aryl methyl sites for hydroxylation is 1. The van der Waals surface area contributed by atoms with Crippen molar-refractivity contribution in [2.45, 2.75) is 25.2 Å². The van der Waals surface area contributed by atoms with E-state index in [9.17, 15) is 9.90 Å². The van der Waals surface area contributed by atoms with Crippen molar-refractivity contribution >= 4 is 32.8 Å². The fourth-order valence-electron chi connectivity index (χ4n) is 3.05. The second-order valence-corrected chi connectivity index (χ2v) is 5.78. The van der Waals surface area contributed by atoms with E-state index in [2.05, 4.69) is 26.6 Å². The summed E-state index contributed by atoms with van der Waals surface area (Å²) in [6.45, 7) is 0. The van der Waals surface area contributed by atoms with E-state index in [0.717, 1.165) is 40.2 Å². The van der Waals surface area contributed by atoms with Gasteiger partial charge >= 0.3 is 5.97 Å². The molecular formula is C14H14BrNO2. The number of aliphatic carboxylic acids is 1. The molecule has 3 nitrogen and oxygen atoms in total. The zero-order valence-electron chi connectivity index (χ0n) is 10.1. The lowest BCUT2D eigenvalue weighted by Gasteiger charge is -2.20. The minimum atomic E-state index is -0.702. The summed E-state index contributed by atoms with van der Waals surface area (Å²) in [5.41, 5.74) is 3.32. The first-order valence-electron chi connectivity index (χ1n) is 6.09. The Kier molecular flexibility index (Phi) is 2.70. The molecule has 0 amide bonds. The van der Waals surface area contributed by atoms with Crippen molar-refractivity contribution in [3.63, 3.8) is 0 Å². The highest BCUT2D eigenvalue weighted by Crippen LogP contribution is 2.39. The fourth-order valence-corrected chi connectivity index (χ4v) is 3.40. The topological polar surface area (TPSA) is 42.2 Å². The van der Waals surface area contributed by atoms with E-state index in [1.807, 2.05) is 19.2 Å². The monoisotopic (exact) mass is 307 g/mol. The predicted octanol–water partition coefficient (Wildman–Crippen LogP) is 3.45. The van der Waals surface area contributed by atoms with Gasteiger partial charge in [0.1, 0.15) is 0 Å². The summed E-state index contributed by atoms with van der Waals surface area (Å²) < 4.78 is 3.17. The molecule has 4 heteroatoms. The smallest absolute Gasteiger partial charge is 0.311 e. The van der Waals surface area contributed by atoms with Crippen LogP contribution in [0.2, 0.25) is 0 Å². The van der Waals surface area contributed by atoms with Gasteiger partial charge in [-0.15, -0.1) is 0 Å². The highest BCUT2D eigenvalue weighted by atomic mass is 79.9. The molecule has 1 aromatic heterocycles. The van der Waals surface area contributed by atoms with Gasteiger partial charge in [-0.3, -0.25) is 4.79 Å². The van der Waals surface area contributed by atoms with E-state index in [-0.39, 0.29) is 5.92 Å². The first kappa shape index (κ1) is 11.8. The molecule has 2 aromatic rings. The summed E-state index contributed by atoms with van der Waals surface area (Å²) in [4.78, 5) is 11.4. The number of hydrogen-bond donors (Lipinski definition) is 1. The molecule has 0 aliphatic heterocycles. The zero-order chi connectivity index (χ0) is 12.9. The third-order valence-corrected chi connectivity index (χ3v) is 4.37. The number of carboxylic acid groups (broad SMARTS) is 1. The van der Waals surface area contributed by atoms with E-state index in [1.54, 1.807) is 0 Å². The number of benzene rings is 1. The number of nitrogens with zero attached hydrogens (tertiary/aromatic N) is 1. The SMILES string of the molecule is Cn1c2c(c3ccc(Br)cc31)C(C(=O)O)CCC2. The maximum atomic E-state index is 11.4. The lowest BCUT2D eigenvalue weighted by atomic mass is 9.85. The van der Waals surface area contributed by atoms with Gasteiger partial charge in [-0.2, -0.15) is 0 Å². The molecule has 0 radical (unpaired) electrons. The Morgan fingerprint density at radius 3 is 3.00 bits per heavy atom. The third-order valence-electron chi connectivity index (χ3n) is 3.88. The molecule has 1 atom stereocenters. The molecule has 0 fully saturated rings. The zero-order valence-corrected chi connectivity index (χ0v) is 11.7. The Morgan fingerprint density at radius 2 is 2.28 bits per heavy atom. The van der Waals surface area contributed by atoms with Crippen LogP contribution in [0.5, 0.6) is 0 Å².